The van der Waals surface area contributed by atoms with Crippen LogP contribution >= 0.6 is 27.3 Å². The Morgan fingerprint density at radius 2 is 2.24 bits per heavy atom. The van der Waals surface area contributed by atoms with E-state index in [1.165, 1.54) is 0 Å². The lowest BCUT2D eigenvalue weighted by molar-refractivity contribution is 0.579. The average molecular weight is 337 g/mol. The first-order chi connectivity index (χ1) is 8.03. The first-order valence-electron chi connectivity index (χ1n) is 5.12. The lowest BCUT2D eigenvalue weighted by Gasteiger charge is -2.04. The van der Waals surface area contributed by atoms with Gasteiger partial charge in [-0.25, -0.2) is 13.1 Å². The average Bonchev–Trinajstić information content (AvgIpc) is 2.64. The number of halogens is 1. The molecule has 1 rings (SSSR count). The van der Waals surface area contributed by atoms with Gasteiger partial charge in [0.25, 0.3) is 0 Å². The fraction of sp³-hybridized carbons (Fsp3) is 0.500. The number of nitriles is 1. The Kier molecular flexibility index (Phi) is 6.12. The molecule has 0 saturated carbocycles. The van der Waals surface area contributed by atoms with Gasteiger partial charge >= 0.3 is 0 Å². The van der Waals surface area contributed by atoms with Crippen molar-refractivity contribution in [2.75, 3.05) is 12.3 Å². The highest BCUT2D eigenvalue weighted by Crippen LogP contribution is 2.22. The van der Waals surface area contributed by atoms with Gasteiger partial charge in [0.05, 0.1) is 15.6 Å². The summed E-state index contributed by atoms with van der Waals surface area (Å²) in [5.41, 5.74) is 0. The third kappa shape index (κ3) is 6.17. The second-order valence-electron chi connectivity index (χ2n) is 3.43. The van der Waals surface area contributed by atoms with Crippen LogP contribution in [0, 0.1) is 11.3 Å². The van der Waals surface area contributed by atoms with E-state index in [9.17, 15) is 8.42 Å². The fourth-order valence-corrected chi connectivity index (χ4v) is 3.79. The van der Waals surface area contributed by atoms with Crippen molar-refractivity contribution in [1.82, 2.24) is 4.72 Å². The van der Waals surface area contributed by atoms with Gasteiger partial charge in [-0.05, 0) is 40.9 Å². The number of hydrogen-bond donors (Lipinski definition) is 1. The number of nitrogens with one attached hydrogen (secondary N) is 1. The molecule has 1 N–H and O–H groups in total. The maximum atomic E-state index is 11.5. The van der Waals surface area contributed by atoms with E-state index in [2.05, 4.69) is 20.7 Å². The van der Waals surface area contributed by atoms with Crippen LogP contribution in [0.3, 0.4) is 0 Å². The summed E-state index contributed by atoms with van der Waals surface area (Å²) in [5.74, 6) is 0.0225. The third-order valence-electron chi connectivity index (χ3n) is 2.02. The van der Waals surface area contributed by atoms with Gasteiger partial charge in [0.2, 0.25) is 10.0 Å². The number of rotatable bonds is 7. The molecule has 1 heterocycles. The van der Waals surface area contributed by atoms with E-state index < -0.39 is 10.0 Å². The molecule has 0 aliphatic carbocycles. The minimum absolute atomic E-state index is 0.0225. The van der Waals surface area contributed by atoms with E-state index in [1.807, 2.05) is 18.2 Å². The molecule has 7 heteroatoms. The van der Waals surface area contributed by atoms with Gasteiger partial charge in [-0.3, -0.25) is 0 Å². The van der Waals surface area contributed by atoms with Crippen molar-refractivity contribution in [2.24, 2.45) is 0 Å². The number of thiophene rings is 1. The standard InChI is InChI=1S/C10H13BrN2O2S2/c11-10-4-3-9(16-10)5-7-13-17(14,15)8-2-1-6-12/h3-4,13H,1-2,5,7-8H2. The summed E-state index contributed by atoms with van der Waals surface area (Å²) in [5, 5.41) is 8.32. The molecule has 0 aromatic carbocycles. The highest BCUT2D eigenvalue weighted by Gasteiger charge is 2.09. The molecule has 1 aromatic heterocycles. The Labute approximate surface area is 114 Å². The molecule has 0 aliphatic rings. The molecule has 0 aliphatic heterocycles. The van der Waals surface area contributed by atoms with E-state index in [0.29, 0.717) is 19.4 Å². The molecule has 0 unspecified atom stereocenters. The van der Waals surface area contributed by atoms with E-state index in [0.717, 1.165) is 8.66 Å². The van der Waals surface area contributed by atoms with Gasteiger partial charge in [-0.1, -0.05) is 0 Å². The van der Waals surface area contributed by atoms with Crippen LogP contribution in [0.1, 0.15) is 17.7 Å². The van der Waals surface area contributed by atoms with E-state index in [1.54, 1.807) is 11.3 Å². The quantitative estimate of drug-likeness (QED) is 0.776. The summed E-state index contributed by atoms with van der Waals surface area (Å²) in [6, 6.07) is 5.85. The van der Waals surface area contributed by atoms with Crippen molar-refractivity contribution < 1.29 is 8.42 Å². The molecular formula is C10H13BrN2O2S2. The Balaban J connectivity index is 2.28. The van der Waals surface area contributed by atoms with Crippen LogP contribution in [0.4, 0.5) is 0 Å². The van der Waals surface area contributed by atoms with Crippen molar-refractivity contribution in [3.8, 4) is 6.07 Å². The van der Waals surface area contributed by atoms with Crippen LogP contribution in [0.25, 0.3) is 0 Å². The summed E-state index contributed by atoms with van der Waals surface area (Å²) in [4.78, 5) is 1.14. The van der Waals surface area contributed by atoms with Crippen molar-refractivity contribution >= 4 is 37.3 Å². The van der Waals surface area contributed by atoms with E-state index >= 15 is 0 Å². The largest absolute Gasteiger partial charge is 0.215 e. The molecule has 0 amide bonds. The van der Waals surface area contributed by atoms with E-state index in [4.69, 9.17) is 5.26 Å². The molecule has 1 aromatic rings. The first kappa shape index (κ1) is 14.6. The molecule has 4 nitrogen and oxygen atoms in total. The second-order valence-corrected chi connectivity index (χ2v) is 7.90. The number of unbranched alkanes of at least 4 members (excludes halogenated alkanes) is 1. The van der Waals surface area contributed by atoms with Crippen LogP contribution < -0.4 is 4.72 Å². The molecule has 0 fully saturated rings. The van der Waals surface area contributed by atoms with E-state index in [-0.39, 0.29) is 12.2 Å². The van der Waals surface area contributed by atoms with Crippen molar-refractivity contribution in [1.29, 1.82) is 5.26 Å². The predicted molar refractivity (Wildman–Crippen MR) is 72.4 cm³/mol. The zero-order valence-electron chi connectivity index (χ0n) is 9.15. The normalized spacial score (nSPS) is 11.3. The van der Waals surface area contributed by atoms with Gasteiger partial charge in [0, 0.05) is 17.8 Å². The number of sulfonamides is 1. The highest BCUT2D eigenvalue weighted by molar-refractivity contribution is 9.11. The van der Waals surface area contributed by atoms with Crippen LogP contribution in [0.5, 0.6) is 0 Å². The smallest absolute Gasteiger partial charge is 0.211 e. The lowest BCUT2D eigenvalue weighted by atomic mass is 10.3. The monoisotopic (exact) mass is 336 g/mol. The SMILES string of the molecule is N#CCCCS(=O)(=O)NCCc1ccc(Br)s1. The maximum absolute atomic E-state index is 11.5. The molecule has 0 saturated heterocycles. The Hall–Kier alpha value is -0.420. The van der Waals surface area contributed by atoms with Crippen LogP contribution in [0.2, 0.25) is 0 Å². The zero-order valence-corrected chi connectivity index (χ0v) is 12.4. The van der Waals surface area contributed by atoms with Gasteiger partial charge in [0.1, 0.15) is 0 Å². The maximum Gasteiger partial charge on any atom is 0.211 e. The molecule has 94 valence electrons. The summed E-state index contributed by atoms with van der Waals surface area (Å²) in [6.45, 7) is 0.405. The van der Waals surface area contributed by atoms with Crippen LogP contribution in [0.15, 0.2) is 15.9 Å². The topological polar surface area (TPSA) is 70.0 Å². The van der Waals surface area contributed by atoms with Crippen LogP contribution in [-0.4, -0.2) is 20.7 Å². The van der Waals surface area contributed by atoms with Crippen LogP contribution in [-0.2, 0) is 16.4 Å². The summed E-state index contributed by atoms with van der Waals surface area (Å²) < 4.78 is 26.5. The van der Waals surface area contributed by atoms with Gasteiger partial charge < -0.3 is 0 Å². The molecular weight excluding hydrogens is 324 g/mol. The van der Waals surface area contributed by atoms with Crippen molar-refractivity contribution in [3.05, 3.63) is 20.8 Å². The predicted octanol–water partition coefficient (Wildman–Crippen LogP) is 2.28. The van der Waals surface area contributed by atoms with Crippen molar-refractivity contribution in [3.63, 3.8) is 0 Å². The molecule has 17 heavy (non-hydrogen) atoms. The molecule has 0 radical (unpaired) electrons. The van der Waals surface area contributed by atoms with Gasteiger partial charge in [0.15, 0.2) is 0 Å². The minimum atomic E-state index is -3.23. The zero-order chi connectivity index (χ0) is 12.7. The first-order valence-corrected chi connectivity index (χ1v) is 8.38. The minimum Gasteiger partial charge on any atom is -0.215 e. The third-order valence-corrected chi connectivity index (χ3v) is 5.18. The highest BCUT2D eigenvalue weighted by atomic mass is 79.9. The molecule has 0 spiro atoms. The molecule has 0 atom stereocenters. The Morgan fingerprint density at radius 1 is 1.47 bits per heavy atom. The number of nitrogens with zero attached hydrogens (tertiary/aromatic N) is 1. The van der Waals surface area contributed by atoms with Crippen molar-refractivity contribution in [2.45, 2.75) is 19.3 Å². The second kappa shape index (κ2) is 7.11. The van der Waals surface area contributed by atoms with Gasteiger partial charge in [-0.2, -0.15) is 5.26 Å². The fourth-order valence-electron chi connectivity index (χ4n) is 1.23. The Bertz CT molecular complexity index is 491. The summed E-state index contributed by atoms with van der Waals surface area (Å²) >= 11 is 4.95. The Morgan fingerprint density at radius 3 is 2.82 bits per heavy atom. The summed E-state index contributed by atoms with van der Waals surface area (Å²) in [7, 11) is -3.23. The van der Waals surface area contributed by atoms with Gasteiger partial charge in [-0.15, -0.1) is 11.3 Å². The lowest BCUT2D eigenvalue weighted by Crippen LogP contribution is -2.28. The summed E-state index contributed by atoms with van der Waals surface area (Å²) in [6.07, 6.45) is 1.35. The number of hydrogen-bond acceptors (Lipinski definition) is 4. The molecule has 0 bridgehead atoms.